The molecule has 1 aromatic carbocycles. The fourth-order valence-corrected chi connectivity index (χ4v) is 2.98. The minimum Gasteiger partial charge on any atom is -0.326 e. The molecule has 2 heterocycles. The molecule has 0 spiro atoms. The summed E-state index contributed by atoms with van der Waals surface area (Å²) in [5.41, 5.74) is 2.27. The Morgan fingerprint density at radius 2 is 1.91 bits per heavy atom. The number of fused-ring (bicyclic) bond motifs is 1. The number of anilines is 1. The van der Waals surface area contributed by atoms with E-state index in [9.17, 15) is 9.59 Å². The second-order valence-electron chi connectivity index (χ2n) is 5.17. The number of rotatable bonds is 3. The van der Waals surface area contributed by atoms with Crippen LogP contribution in [0.2, 0.25) is 0 Å². The number of aromatic nitrogens is 2. The summed E-state index contributed by atoms with van der Waals surface area (Å²) in [5.74, 6) is -0.107. The van der Waals surface area contributed by atoms with Crippen LogP contribution >= 0.6 is 11.8 Å². The highest BCUT2D eigenvalue weighted by molar-refractivity contribution is 7.99. The van der Waals surface area contributed by atoms with E-state index < -0.39 is 0 Å². The van der Waals surface area contributed by atoms with Gasteiger partial charge in [0.25, 0.3) is 5.56 Å². The van der Waals surface area contributed by atoms with Gasteiger partial charge >= 0.3 is 0 Å². The van der Waals surface area contributed by atoms with Gasteiger partial charge in [-0.2, -0.15) is 0 Å². The lowest BCUT2D eigenvalue weighted by atomic mass is 10.3. The predicted molar refractivity (Wildman–Crippen MR) is 91.1 cm³/mol. The first-order chi connectivity index (χ1) is 11.0. The minimum atomic E-state index is -0.107. The van der Waals surface area contributed by atoms with Crippen LogP contribution in [0.15, 0.2) is 63.4 Å². The van der Waals surface area contributed by atoms with Gasteiger partial charge in [0.05, 0.1) is 0 Å². The third-order valence-corrected chi connectivity index (χ3v) is 4.11. The molecule has 0 aliphatic carbocycles. The number of nitrogens with one attached hydrogen (secondary N) is 1. The number of pyridine rings is 1. The van der Waals surface area contributed by atoms with E-state index in [0.29, 0.717) is 10.7 Å². The molecule has 0 radical (unpaired) electrons. The normalized spacial score (nSPS) is 10.7. The Balaban J connectivity index is 1.88. The second kappa shape index (κ2) is 6.26. The van der Waals surface area contributed by atoms with Crippen molar-refractivity contribution in [3.63, 3.8) is 0 Å². The lowest BCUT2D eigenvalue weighted by molar-refractivity contribution is -0.114. The molecule has 0 aliphatic rings. The van der Waals surface area contributed by atoms with E-state index in [1.54, 1.807) is 10.6 Å². The van der Waals surface area contributed by atoms with Gasteiger partial charge in [-0.25, -0.2) is 4.98 Å². The summed E-state index contributed by atoms with van der Waals surface area (Å²) in [5, 5.41) is 3.36. The number of benzene rings is 1. The Labute approximate surface area is 137 Å². The van der Waals surface area contributed by atoms with Crippen molar-refractivity contribution in [1.82, 2.24) is 9.38 Å². The summed E-state index contributed by atoms with van der Waals surface area (Å²) in [6, 6.07) is 12.7. The van der Waals surface area contributed by atoms with Crippen LogP contribution in [0.4, 0.5) is 5.69 Å². The lowest BCUT2D eigenvalue weighted by Gasteiger charge is -2.06. The number of amides is 1. The predicted octanol–water partition coefficient (Wildman–Crippen LogP) is 3.11. The third-order valence-electron chi connectivity index (χ3n) is 3.18. The van der Waals surface area contributed by atoms with Crippen LogP contribution in [0.25, 0.3) is 5.65 Å². The van der Waals surface area contributed by atoms with Crippen molar-refractivity contribution < 1.29 is 4.79 Å². The molecule has 5 nitrogen and oxygen atoms in total. The van der Waals surface area contributed by atoms with E-state index in [1.165, 1.54) is 24.8 Å². The molecule has 0 atom stereocenters. The van der Waals surface area contributed by atoms with Gasteiger partial charge < -0.3 is 5.32 Å². The Morgan fingerprint density at radius 1 is 1.17 bits per heavy atom. The molecule has 0 unspecified atom stereocenters. The highest BCUT2D eigenvalue weighted by Gasteiger charge is 2.05. The van der Waals surface area contributed by atoms with E-state index in [2.05, 4.69) is 10.3 Å². The van der Waals surface area contributed by atoms with Crippen molar-refractivity contribution in [3.05, 3.63) is 64.6 Å². The first-order valence-corrected chi connectivity index (χ1v) is 7.88. The molecule has 0 fully saturated rings. The molecular weight excluding hydrogens is 310 g/mol. The second-order valence-corrected chi connectivity index (χ2v) is 6.27. The first-order valence-electron chi connectivity index (χ1n) is 7.07. The Kier molecular flexibility index (Phi) is 4.16. The zero-order chi connectivity index (χ0) is 16.4. The smallest absolute Gasteiger partial charge is 0.258 e. The van der Waals surface area contributed by atoms with Crippen molar-refractivity contribution in [2.75, 3.05) is 5.32 Å². The summed E-state index contributed by atoms with van der Waals surface area (Å²) in [4.78, 5) is 28.6. The molecule has 116 valence electrons. The highest BCUT2D eigenvalue weighted by Crippen LogP contribution is 2.26. The molecule has 3 rings (SSSR count). The van der Waals surface area contributed by atoms with E-state index >= 15 is 0 Å². The zero-order valence-corrected chi connectivity index (χ0v) is 13.6. The van der Waals surface area contributed by atoms with E-state index in [1.807, 2.05) is 43.3 Å². The van der Waals surface area contributed by atoms with Gasteiger partial charge in [0.1, 0.15) is 10.7 Å². The molecule has 0 bridgehead atoms. The largest absolute Gasteiger partial charge is 0.326 e. The fraction of sp³-hybridized carbons (Fsp3) is 0.118. The zero-order valence-electron chi connectivity index (χ0n) is 12.7. The number of carbonyl (C=O) groups excluding carboxylic acids is 1. The molecule has 0 aliphatic heterocycles. The van der Waals surface area contributed by atoms with Gasteiger partial charge in [0.15, 0.2) is 0 Å². The number of hydrogen-bond donors (Lipinski definition) is 1. The number of aryl methyl sites for hydroxylation is 1. The fourth-order valence-electron chi connectivity index (χ4n) is 2.17. The van der Waals surface area contributed by atoms with Crippen molar-refractivity contribution in [3.8, 4) is 0 Å². The summed E-state index contributed by atoms with van der Waals surface area (Å²) in [7, 11) is 0. The molecule has 0 saturated heterocycles. The summed E-state index contributed by atoms with van der Waals surface area (Å²) in [6.07, 6.45) is 1.78. The molecular formula is C17H15N3O2S. The molecule has 6 heteroatoms. The van der Waals surface area contributed by atoms with Crippen LogP contribution in [0.5, 0.6) is 0 Å². The minimum absolute atomic E-state index is 0.101. The van der Waals surface area contributed by atoms with Crippen molar-refractivity contribution in [2.24, 2.45) is 0 Å². The van der Waals surface area contributed by atoms with Crippen molar-refractivity contribution in [1.29, 1.82) is 0 Å². The summed E-state index contributed by atoms with van der Waals surface area (Å²) < 4.78 is 1.54. The number of nitrogens with zero attached hydrogens (tertiary/aromatic N) is 2. The first kappa shape index (κ1) is 15.3. The maximum atomic E-state index is 12.2. The maximum absolute atomic E-state index is 12.2. The highest BCUT2D eigenvalue weighted by atomic mass is 32.2. The molecule has 23 heavy (non-hydrogen) atoms. The van der Waals surface area contributed by atoms with Crippen LogP contribution in [-0.2, 0) is 4.79 Å². The molecule has 2 aromatic heterocycles. The van der Waals surface area contributed by atoms with E-state index in [-0.39, 0.29) is 11.5 Å². The maximum Gasteiger partial charge on any atom is 0.258 e. The lowest BCUT2D eigenvalue weighted by Crippen LogP contribution is -2.14. The quantitative estimate of drug-likeness (QED) is 0.752. The SMILES string of the molecule is CC(=O)Nc1ccc(Sc2cc(=O)n3cc(C)ccc3n2)cc1. The van der Waals surface area contributed by atoms with Crippen molar-refractivity contribution in [2.45, 2.75) is 23.8 Å². The van der Waals surface area contributed by atoms with Gasteiger partial charge in [0.2, 0.25) is 5.91 Å². The van der Waals surface area contributed by atoms with Gasteiger partial charge in [-0.05, 0) is 42.8 Å². The van der Waals surface area contributed by atoms with Gasteiger partial charge in [-0.1, -0.05) is 17.8 Å². The van der Waals surface area contributed by atoms with Gasteiger partial charge in [-0.15, -0.1) is 0 Å². The van der Waals surface area contributed by atoms with Crippen LogP contribution in [0.3, 0.4) is 0 Å². The molecule has 1 amide bonds. The Hall–Kier alpha value is -2.60. The third kappa shape index (κ3) is 3.60. The average molecular weight is 325 g/mol. The number of carbonyl (C=O) groups is 1. The van der Waals surface area contributed by atoms with Gasteiger partial charge in [-0.3, -0.25) is 14.0 Å². The van der Waals surface area contributed by atoms with E-state index in [4.69, 9.17) is 0 Å². The average Bonchev–Trinajstić information content (AvgIpc) is 2.50. The topological polar surface area (TPSA) is 63.5 Å². The van der Waals surface area contributed by atoms with Crippen LogP contribution in [0.1, 0.15) is 12.5 Å². The van der Waals surface area contributed by atoms with Crippen molar-refractivity contribution >= 4 is 29.0 Å². The monoisotopic (exact) mass is 325 g/mol. The van der Waals surface area contributed by atoms with Crippen LogP contribution < -0.4 is 10.9 Å². The van der Waals surface area contributed by atoms with Crippen LogP contribution in [0, 0.1) is 6.92 Å². The molecule has 3 aromatic rings. The van der Waals surface area contributed by atoms with Crippen LogP contribution in [-0.4, -0.2) is 15.3 Å². The standard InChI is InChI=1S/C17H15N3O2S/c1-11-3-8-15-19-16(9-17(22)20(15)10-11)23-14-6-4-13(5-7-14)18-12(2)21/h3-10H,1-2H3,(H,18,21). The summed E-state index contributed by atoms with van der Waals surface area (Å²) in [6.45, 7) is 3.40. The molecule has 1 N–H and O–H groups in total. The van der Waals surface area contributed by atoms with E-state index in [0.717, 1.165) is 16.1 Å². The molecule has 0 saturated carbocycles. The summed E-state index contributed by atoms with van der Waals surface area (Å²) >= 11 is 1.41. The van der Waals surface area contributed by atoms with Gasteiger partial charge in [0, 0.05) is 29.8 Å². The number of hydrogen-bond acceptors (Lipinski definition) is 4. The Bertz CT molecular complexity index is 933. The Morgan fingerprint density at radius 3 is 2.61 bits per heavy atom.